The number of rotatable bonds is 6. The van der Waals surface area contributed by atoms with Gasteiger partial charge in [-0.3, -0.25) is 0 Å². The maximum absolute atomic E-state index is 3.56. The molecule has 1 rings (SSSR count). The Labute approximate surface area is 105 Å². The highest BCUT2D eigenvalue weighted by molar-refractivity contribution is 9.10. The molecular weight excluding hydrogens is 270 g/mol. The second kappa shape index (κ2) is 7.20. The summed E-state index contributed by atoms with van der Waals surface area (Å²) in [5, 5.41) is 5.45. The molecule has 84 valence electrons. The molecule has 1 heterocycles. The average molecular weight is 288 g/mol. The van der Waals surface area contributed by atoms with Gasteiger partial charge in [0.1, 0.15) is 0 Å². The quantitative estimate of drug-likeness (QED) is 0.616. The zero-order valence-electron chi connectivity index (χ0n) is 9.35. The van der Waals surface area contributed by atoms with Crippen LogP contribution >= 0.6 is 27.3 Å². The van der Waals surface area contributed by atoms with Crippen LogP contribution in [0.25, 0.3) is 0 Å². The van der Waals surface area contributed by atoms with Gasteiger partial charge in [0, 0.05) is 15.8 Å². The van der Waals surface area contributed by atoms with Crippen molar-refractivity contribution < 1.29 is 0 Å². The van der Waals surface area contributed by atoms with Gasteiger partial charge in [-0.25, -0.2) is 0 Å². The van der Waals surface area contributed by atoms with E-state index in [1.165, 1.54) is 14.9 Å². The molecule has 0 aliphatic heterocycles. The van der Waals surface area contributed by atoms with Crippen LogP contribution < -0.4 is 5.32 Å². The molecule has 0 spiro atoms. The summed E-state index contributed by atoms with van der Waals surface area (Å²) in [7, 11) is 0. The Morgan fingerprint density at radius 1 is 1.60 bits per heavy atom. The van der Waals surface area contributed by atoms with Gasteiger partial charge in [0.25, 0.3) is 0 Å². The Kier molecular flexibility index (Phi) is 6.22. The molecule has 1 aromatic heterocycles. The van der Waals surface area contributed by atoms with E-state index in [1.54, 1.807) is 0 Å². The van der Waals surface area contributed by atoms with Crippen molar-refractivity contribution >= 4 is 27.3 Å². The lowest BCUT2D eigenvalue weighted by Gasteiger charge is -2.01. The van der Waals surface area contributed by atoms with Crippen LogP contribution in [0.15, 0.2) is 27.6 Å². The number of thiophene rings is 1. The summed E-state index contributed by atoms with van der Waals surface area (Å²) in [4.78, 5) is 1.42. The van der Waals surface area contributed by atoms with Crippen LogP contribution in [0.2, 0.25) is 0 Å². The van der Waals surface area contributed by atoms with Crippen LogP contribution in [-0.4, -0.2) is 13.1 Å². The van der Waals surface area contributed by atoms with Crippen LogP contribution in [0.4, 0.5) is 0 Å². The van der Waals surface area contributed by atoms with E-state index in [4.69, 9.17) is 0 Å². The molecule has 3 heteroatoms. The SMILES string of the molecule is CCNCCC=C(C)Cc1sccc1Br. The molecule has 0 aromatic carbocycles. The highest BCUT2D eigenvalue weighted by Crippen LogP contribution is 2.25. The number of halogens is 1. The second-order valence-electron chi connectivity index (χ2n) is 3.56. The predicted molar refractivity (Wildman–Crippen MR) is 72.6 cm³/mol. The van der Waals surface area contributed by atoms with E-state index >= 15 is 0 Å². The third-order valence-electron chi connectivity index (χ3n) is 2.19. The third kappa shape index (κ3) is 4.96. The van der Waals surface area contributed by atoms with Gasteiger partial charge in [0.05, 0.1) is 0 Å². The summed E-state index contributed by atoms with van der Waals surface area (Å²) in [5.74, 6) is 0. The molecule has 1 aromatic rings. The highest BCUT2D eigenvalue weighted by atomic mass is 79.9. The standard InChI is InChI=1S/C12H18BrNS/c1-3-14-7-4-5-10(2)9-12-11(13)6-8-15-12/h5-6,8,14H,3-4,7,9H2,1-2H3. The number of hydrogen-bond acceptors (Lipinski definition) is 2. The van der Waals surface area contributed by atoms with Crippen molar-refractivity contribution in [3.05, 3.63) is 32.4 Å². The van der Waals surface area contributed by atoms with Gasteiger partial charge >= 0.3 is 0 Å². The Bertz CT molecular complexity index is 317. The predicted octanol–water partition coefficient (Wildman–Crippen LogP) is 4.00. The van der Waals surface area contributed by atoms with Crippen molar-refractivity contribution in [1.82, 2.24) is 5.32 Å². The number of allylic oxidation sites excluding steroid dienone is 1. The molecule has 0 saturated heterocycles. The third-order valence-corrected chi connectivity index (χ3v) is 4.12. The first-order valence-corrected chi connectivity index (χ1v) is 6.99. The van der Waals surface area contributed by atoms with Crippen molar-refractivity contribution in [2.75, 3.05) is 13.1 Å². The van der Waals surface area contributed by atoms with E-state index in [9.17, 15) is 0 Å². The Balaban J connectivity index is 2.35. The minimum Gasteiger partial charge on any atom is -0.317 e. The zero-order chi connectivity index (χ0) is 11.1. The van der Waals surface area contributed by atoms with Crippen LogP contribution in [0.3, 0.4) is 0 Å². The summed E-state index contributed by atoms with van der Waals surface area (Å²) in [6, 6.07) is 2.12. The minimum absolute atomic E-state index is 1.06. The van der Waals surface area contributed by atoms with Crippen molar-refractivity contribution in [3.63, 3.8) is 0 Å². The van der Waals surface area contributed by atoms with E-state index in [-0.39, 0.29) is 0 Å². The lowest BCUT2D eigenvalue weighted by Crippen LogP contribution is -2.13. The molecule has 0 aliphatic rings. The topological polar surface area (TPSA) is 12.0 Å². The molecule has 0 aliphatic carbocycles. The van der Waals surface area contributed by atoms with Gasteiger partial charge < -0.3 is 5.32 Å². The molecular formula is C12H18BrNS. The van der Waals surface area contributed by atoms with E-state index in [2.05, 4.69) is 52.6 Å². The molecule has 1 nitrogen and oxygen atoms in total. The number of nitrogens with one attached hydrogen (secondary N) is 1. The van der Waals surface area contributed by atoms with Gasteiger partial charge in [0.2, 0.25) is 0 Å². The largest absolute Gasteiger partial charge is 0.317 e. The molecule has 0 atom stereocenters. The van der Waals surface area contributed by atoms with Crippen molar-refractivity contribution in [1.29, 1.82) is 0 Å². The maximum atomic E-state index is 3.56. The van der Waals surface area contributed by atoms with Gasteiger partial charge in [-0.15, -0.1) is 11.3 Å². The molecule has 1 N–H and O–H groups in total. The molecule has 0 bridgehead atoms. The molecule has 0 amide bonds. The highest BCUT2D eigenvalue weighted by Gasteiger charge is 2.01. The smallest absolute Gasteiger partial charge is 0.0317 e. The fourth-order valence-electron chi connectivity index (χ4n) is 1.37. The van der Waals surface area contributed by atoms with Crippen LogP contribution in [0.5, 0.6) is 0 Å². The summed E-state index contributed by atoms with van der Waals surface area (Å²) < 4.78 is 1.24. The summed E-state index contributed by atoms with van der Waals surface area (Å²) in [6.07, 6.45) is 4.53. The van der Waals surface area contributed by atoms with Gasteiger partial charge in [-0.1, -0.05) is 18.6 Å². The van der Waals surface area contributed by atoms with E-state index in [0.717, 1.165) is 25.9 Å². The monoisotopic (exact) mass is 287 g/mol. The van der Waals surface area contributed by atoms with Gasteiger partial charge in [0.15, 0.2) is 0 Å². The molecule has 0 unspecified atom stereocenters. The van der Waals surface area contributed by atoms with Crippen LogP contribution in [0.1, 0.15) is 25.1 Å². The lowest BCUT2D eigenvalue weighted by atomic mass is 10.1. The Hall–Kier alpha value is -0.120. The fraction of sp³-hybridized carbons (Fsp3) is 0.500. The van der Waals surface area contributed by atoms with E-state index < -0.39 is 0 Å². The number of hydrogen-bond donors (Lipinski definition) is 1. The molecule has 0 fully saturated rings. The minimum atomic E-state index is 1.06. The van der Waals surface area contributed by atoms with Crippen molar-refractivity contribution in [2.45, 2.75) is 26.7 Å². The lowest BCUT2D eigenvalue weighted by molar-refractivity contribution is 0.724. The van der Waals surface area contributed by atoms with E-state index in [0.29, 0.717) is 0 Å². The Morgan fingerprint density at radius 3 is 3.00 bits per heavy atom. The maximum Gasteiger partial charge on any atom is 0.0317 e. The summed E-state index contributed by atoms with van der Waals surface area (Å²) in [5.41, 5.74) is 1.45. The van der Waals surface area contributed by atoms with Crippen molar-refractivity contribution in [2.24, 2.45) is 0 Å². The Morgan fingerprint density at radius 2 is 2.40 bits per heavy atom. The average Bonchev–Trinajstić information content (AvgIpc) is 2.59. The molecule has 0 radical (unpaired) electrons. The first kappa shape index (κ1) is 12.9. The first-order chi connectivity index (χ1) is 7.24. The van der Waals surface area contributed by atoms with Crippen LogP contribution in [0, 0.1) is 0 Å². The first-order valence-electron chi connectivity index (χ1n) is 5.32. The van der Waals surface area contributed by atoms with Gasteiger partial charge in [-0.05, 0) is 53.8 Å². The van der Waals surface area contributed by atoms with Gasteiger partial charge in [-0.2, -0.15) is 0 Å². The molecule has 15 heavy (non-hydrogen) atoms. The summed E-state index contributed by atoms with van der Waals surface area (Å²) in [6.45, 7) is 6.49. The second-order valence-corrected chi connectivity index (χ2v) is 5.42. The zero-order valence-corrected chi connectivity index (χ0v) is 11.7. The van der Waals surface area contributed by atoms with Crippen molar-refractivity contribution in [3.8, 4) is 0 Å². The van der Waals surface area contributed by atoms with Crippen LogP contribution in [-0.2, 0) is 6.42 Å². The fourth-order valence-corrected chi connectivity index (χ4v) is 2.96. The normalized spacial score (nSPS) is 12.1. The van der Waals surface area contributed by atoms with E-state index in [1.807, 2.05) is 11.3 Å². The summed E-state index contributed by atoms with van der Waals surface area (Å²) >= 11 is 5.38. The molecule has 0 saturated carbocycles.